The standard InChI is InChI=1S/C30H33N9O3/c1-40-29-3-2-21(13-34-29)17-36-4-6-37(7-5-36)28-16-32-27(15-33-28)26-11-25(18-39-30(26)22(12-31)14-35-39)42-9-8-38-23-10-24(38)20-41-19-23/h2-3,11,13-16,18,23-24H,4-10,17,19-20H2,1H3. The molecule has 7 heterocycles. The average Bonchev–Trinajstić information content (AvgIpc) is 3.47. The summed E-state index contributed by atoms with van der Waals surface area (Å²) in [6.07, 6.45) is 10.1. The highest BCUT2D eigenvalue weighted by Crippen LogP contribution is 2.32. The minimum atomic E-state index is 0.485. The van der Waals surface area contributed by atoms with Gasteiger partial charge in [0.2, 0.25) is 5.88 Å². The third-order valence-electron chi connectivity index (χ3n) is 8.45. The monoisotopic (exact) mass is 567 g/mol. The summed E-state index contributed by atoms with van der Waals surface area (Å²) in [7, 11) is 1.63. The zero-order valence-corrected chi connectivity index (χ0v) is 23.6. The summed E-state index contributed by atoms with van der Waals surface area (Å²) >= 11 is 0. The van der Waals surface area contributed by atoms with Crippen molar-refractivity contribution in [3.63, 3.8) is 0 Å². The van der Waals surface area contributed by atoms with E-state index in [9.17, 15) is 5.26 Å². The molecule has 12 nitrogen and oxygen atoms in total. The van der Waals surface area contributed by atoms with Crippen LogP contribution in [0.2, 0.25) is 0 Å². The van der Waals surface area contributed by atoms with Gasteiger partial charge in [-0.2, -0.15) is 10.4 Å². The summed E-state index contributed by atoms with van der Waals surface area (Å²) in [5, 5.41) is 14.1. The van der Waals surface area contributed by atoms with Crippen LogP contribution in [0.5, 0.6) is 11.6 Å². The predicted molar refractivity (Wildman–Crippen MR) is 154 cm³/mol. The molecule has 7 rings (SSSR count). The quantitative estimate of drug-likeness (QED) is 0.296. The van der Waals surface area contributed by atoms with Gasteiger partial charge in [0.1, 0.15) is 24.2 Å². The van der Waals surface area contributed by atoms with Crippen molar-refractivity contribution >= 4 is 11.3 Å². The second-order valence-electron chi connectivity index (χ2n) is 11.0. The van der Waals surface area contributed by atoms with E-state index in [1.807, 2.05) is 30.7 Å². The lowest BCUT2D eigenvalue weighted by Crippen LogP contribution is -2.64. The van der Waals surface area contributed by atoms with Crippen LogP contribution in [0.3, 0.4) is 0 Å². The topological polar surface area (TPSA) is 117 Å². The Kier molecular flexibility index (Phi) is 7.29. The Bertz CT molecular complexity index is 1560. The summed E-state index contributed by atoms with van der Waals surface area (Å²) in [5.41, 5.74) is 3.79. The molecule has 0 aromatic carbocycles. The van der Waals surface area contributed by atoms with Crippen molar-refractivity contribution < 1.29 is 14.2 Å². The molecule has 3 fully saturated rings. The Morgan fingerprint density at radius 3 is 2.57 bits per heavy atom. The molecule has 3 saturated heterocycles. The molecule has 2 bridgehead atoms. The zero-order valence-electron chi connectivity index (χ0n) is 23.6. The Morgan fingerprint density at radius 1 is 1.02 bits per heavy atom. The van der Waals surface area contributed by atoms with Crippen LogP contribution in [-0.4, -0.2) is 106 Å². The van der Waals surface area contributed by atoms with Gasteiger partial charge >= 0.3 is 0 Å². The molecule has 0 amide bonds. The van der Waals surface area contributed by atoms with Crippen molar-refractivity contribution in [2.45, 2.75) is 25.0 Å². The maximum Gasteiger partial charge on any atom is 0.212 e. The fourth-order valence-corrected chi connectivity index (χ4v) is 6.14. The fraction of sp³-hybridized carbons (Fsp3) is 0.433. The molecule has 216 valence electrons. The van der Waals surface area contributed by atoms with E-state index in [2.05, 4.69) is 36.9 Å². The van der Waals surface area contributed by atoms with Crippen molar-refractivity contribution in [1.82, 2.24) is 34.4 Å². The molecule has 0 spiro atoms. The lowest BCUT2D eigenvalue weighted by atomic mass is 9.91. The first-order valence-electron chi connectivity index (χ1n) is 14.3. The number of hydrogen-bond donors (Lipinski definition) is 0. The first-order valence-corrected chi connectivity index (χ1v) is 14.3. The van der Waals surface area contributed by atoms with Crippen molar-refractivity contribution in [2.24, 2.45) is 0 Å². The molecule has 12 heteroatoms. The van der Waals surface area contributed by atoms with Crippen molar-refractivity contribution in [3.05, 3.63) is 60.3 Å². The first-order chi connectivity index (χ1) is 20.7. The number of anilines is 1. The largest absolute Gasteiger partial charge is 0.491 e. The Hall–Kier alpha value is -4.31. The van der Waals surface area contributed by atoms with E-state index in [1.54, 1.807) is 24.0 Å². The van der Waals surface area contributed by atoms with Gasteiger partial charge in [-0.3, -0.25) is 14.8 Å². The lowest BCUT2D eigenvalue weighted by Gasteiger charge is -2.52. The number of piperazine rings is 1. The first kappa shape index (κ1) is 26.6. The van der Waals surface area contributed by atoms with Crippen molar-refractivity contribution in [1.29, 1.82) is 5.26 Å². The molecule has 3 aliphatic rings. The number of hydrogen-bond acceptors (Lipinski definition) is 11. The number of fused-ring (bicyclic) bond motifs is 3. The maximum atomic E-state index is 9.73. The molecule has 0 N–H and O–H groups in total. The van der Waals surface area contributed by atoms with Crippen LogP contribution in [0.15, 0.2) is 49.2 Å². The van der Waals surface area contributed by atoms with Crippen LogP contribution < -0.4 is 14.4 Å². The van der Waals surface area contributed by atoms with Gasteiger partial charge in [-0.15, -0.1) is 0 Å². The number of pyridine rings is 2. The highest BCUT2D eigenvalue weighted by Gasteiger charge is 2.41. The number of morpholine rings is 1. The number of aromatic nitrogens is 5. The van der Waals surface area contributed by atoms with E-state index >= 15 is 0 Å². The zero-order chi connectivity index (χ0) is 28.5. The van der Waals surface area contributed by atoms with Gasteiger partial charge in [-0.25, -0.2) is 14.5 Å². The molecule has 2 unspecified atom stereocenters. The highest BCUT2D eigenvalue weighted by molar-refractivity contribution is 5.83. The third-order valence-corrected chi connectivity index (χ3v) is 8.45. The smallest absolute Gasteiger partial charge is 0.212 e. The van der Waals surface area contributed by atoms with Crippen molar-refractivity contribution in [3.8, 4) is 29.0 Å². The minimum Gasteiger partial charge on any atom is -0.491 e. The predicted octanol–water partition coefficient (Wildman–Crippen LogP) is 2.24. The van der Waals surface area contributed by atoms with E-state index in [1.165, 1.54) is 12.0 Å². The molecule has 42 heavy (non-hydrogen) atoms. The molecule has 4 aromatic heterocycles. The molecular formula is C30H33N9O3. The molecule has 2 atom stereocenters. The second kappa shape index (κ2) is 11.5. The molecule has 0 aliphatic carbocycles. The normalized spacial score (nSPS) is 20.7. The molecular weight excluding hydrogens is 534 g/mol. The van der Waals surface area contributed by atoms with Crippen LogP contribution >= 0.6 is 0 Å². The van der Waals surface area contributed by atoms with E-state index in [0.717, 1.165) is 63.9 Å². The third kappa shape index (κ3) is 5.22. The molecule has 0 saturated carbocycles. The van der Waals surface area contributed by atoms with E-state index in [-0.39, 0.29) is 0 Å². The van der Waals surface area contributed by atoms with Crippen LogP contribution in [0.1, 0.15) is 17.5 Å². The SMILES string of the molecule is COc1ccc(CN2CCN(c3cnc(-c4cc(OCCN5C6COCC5C6)cn5ncc(C#N)c45)cn3)CC2)cn1. The number of ether oxygens (including phenoxy) is 3. The maximum absolute atomic E-state index is 9.73. The van der Waals surface area contributed by atoms with Crippen LogP contribution in [0.4, 0.5) is 5.82 Å². The lowest BCUT2D eigenvalue weighted by molar-refractivity contribution is -0.129. The summed E-state index contributed by atoms with van der Waals surface area (Å²) < 4.78 is 18.6. The molecule has 4 aromatic rings. The van der Waals surface area contributed by atoms with Gasteiger partial charge in [0.15, 0.2) is 0 Å². The minimum absolute atomic E-state index is 0.485. The van der Waals surface area contributed by atoms with E-state index < -0.39 is 0 Å². The summed E-state index contributed by atoms with van der Waals surface area (Å²) in [4.78, 5) is 21.0. The van der Waals surface area contributed by atoms with Gasteiger partial charge in [0, 0.05) is 69.2 Å². The number of nitriles is 1. The highest BCUT2D eigenvalue weighted by atomic mass is 16.5. The van der Waals surface area contributed by atoms with E-state index in [4.69, 9.17) is 24.2 Å². The Labute approximate surface area is 244 Å². The average molecular weight is 568 g/mol. The second-order valence-corrected chi connectivity index (χ2v) is 11.0. The fourth-order valence-electron chi connectivity index (χ4n) is 6.14. The van der Waals surface area contributed by atoms with E-state index in [0.29, 0.717) is 47.1 Å². The van der Waals surface area contributed by atoms with Gasteiger partial charge in [-0.1, -0.05) is 6.07 Å². The van der Waals surface area contributed by atoms with Gasteiger partial charge in [-0.05, 0) is 18.1 Å². The molecule has 0 radical (unpaired) electrons. The van der Waals surface area contributed by atoms with Gasteiger partial charge < -0.3 is 19.1 Å². The number of nitrogens with zero attached hydrogens (tertiary/aromatic N) is 9. The van der Waals surface area contributed by atoms with Gasteiger partial charge in [0.25, 0.3) is 0 Å². The summed E-state index contributed by atoms with van der Waals surface area (Å²) in [6, 6.07) is 9.17. The van der Waals surface area contributed by atoms with Crippen molar-refractivity contribution in [2.75, 3.05) is 64.6 Å². The van der Waals surface area contributed by atoms with Crippen LogP contribution in [0.25, 0.3) is 16.8 Å². The summed E-state index contributed by atoms with van der Waals surface area (Å²) in [6.45, 7) is 7.44. The van der Waals surface area contributed by atoms with Gasteiger partial charge in [0.05, 0.1) is 61.9 Å². The van der Waals surface area contributed by atoms with Crippen LogP contribution in [-0.2, 0) is 11.3 Å². The Morgan fingerprint density at radius 2 is 1.88 bits per heavy atom. The summed E-state index contributed by atoms with van der Waals surface area (Å²) in [5.74, 6) is 2.15. The van der Waals surface area contributed by atoms with Crippen LogP contribution in [0, 0.1) is 11.3 Å². The Balaban J connectivity index is 1.02. The number of methoxy groups -OCH3 is 1. The molecule has 3 aliphatic heterocycles. The number of rotatable bonds is 9.